The van der Waals surface area contributed by atoms with Crippen LogP contribution in [0.4, 0.5) is 4.79 Å². The van der Waals surface area contributed by atoms with Crippen molar-refractivity contribution in [2.24, 2.45) is 0 Å². The minimum atomic E-state index is -1.01. The van der Waals surface area contributed by atoms with Crippen LogP contribution in [-0.2, 0) is 10.3 Å². The van der Waals surface area contributed by atoms with Crippen molar-refractivity contribution >= 4 is 23.5 Å². The van der Waals surface area contributed by atoms with Gasteiger partial charge < -0.3 is 10.1 Å². The maximum absolute atomic E-state index is 12.9. The van der Waals surface area contributed by atoms with Crippen LogP contribution in [0, 0.1) is 0 Å². The molecule has 0 radical (unpaired) electrons. The van der Waals surface area contributed by atoms with Gasteiger partial charge in [-0.3, -0.25) is 9.69 Å². The number of urea groups is 1. The molecule has 2 aromatic rings. The Balaban J connectivity index is 1.72. The van der Waals surface area contributed by atoms with Gasteiger partial charge in [0.05, 0.1) is 11.6 Å². The molecule has 0 unspecified atom stereocenters. The van der Waals surface area contributed by atoms with Crippen molar-refractivity contribution in [3.05, 3.63) is 65.2 Å². The summed E-state index contributed by atoms with van der Waals surface area (Å²) in [5, 5.41) is 3.34. The smallest absolute Gasteiger partial charge is 0.325 e. The van der Waals surface area contributed by atoms with Crippen LogP contribution in [0.2, 0.25) is 5.02 Å². The molecule has 5 nitrogen and oxygen atoms in total. The topological polar surface area (TPSA) is 58.6 Å². The second kappa shape index (κ2) is 7.15. The van der Waals surface area contributed by atoms with E-state index in [1.807, 2.05) is 49.4 Å². The number of nitrogens with one attached hydrogen (secondary N) is 1. The van der Waals surface area contributed by atoms with E-state index in [4.69, 9.17) is 16.3 Å². The molecule has 0 aromatic heterocycles. The van der Waals surface area contributed by atoms with Gasteiger partial charge in [-0.25, -0.2) is 4.79 Å². The molecule has 0 saturated carbocycles. The number of carbonyl (C=O) groups is 2. The first-order valence-corrected chi connectivity index (χ1v) is 8.53. The number of nitrogens with zero attached hydrogens (tertiary/aromatic N) is 1. The van der Waals surface area contributed by atoms with Gasteiger partial charge in [-0.15, -0.1) is 0 Å². The summed E-state index contributed by atoms with van der Waals surface area (Å²) in [7, 11) is 0. The van der Waals surface area contributed by atoms with Crippen LogP contribution in [0.1, 0.15) is 18.9 Å². The number of hydrogen-bond acceptors (Lipinski definition) is 3. The fourth-order valence-corrected chi connectivity index (χ4v) is 3.19. The minimum Gasteiger partial charge on any atom is -0.490 e. The Bertz CT molecular complexity index is 781. The van der Waals surface area contributed by atoms with E-state index in [2.05, 4.69) is 5.32 Å². The molecule has 1 aliphatic rings. The molecule has 1 aliphatic heterocycles. The van der Waals surface area contributed by atoms with Gasteiger partial charge in [0.1, 0.15) is 17.9 Å². The number of carbonyl (C=O) groups excluding carboxylic acids is 2. The summed E-state index contributed by atoms with van der Waals surface area (Å²) in [5.74, 6) is 0.273. The average Bonchev–Trinajstić information content (AvgIpc) is 2.89. The summed E-state index contributed by atoms with van der Waals surface area (Å²) in [6.45, 7) is 2.22. The van der Waals surface area contributed by atoms with E-state index in [-0.39, 0.29) is 19.1 Å². The van der Waals surface area contributed by atoms with E-state index < -0.39 is 11.6 Å². The highest BCUT2D eigenvalue weighted by Crippen LogP contribution is 2.32. The zero-order valence-electron chi connectivity index (χ0n) is 13.9. The van der Waals surface area contributed by atoms with Crippen LogP contribution in [0.15, 0.2) is 54.6 Å². The molecule has 0 bridgehead atoms. The molecule has 0 aliphatic carbocycles. The quantitative estimate of drug-likeness (QED) is 0.803. The number of rotatable bonds is 6. The molecule has 3 amide bonds. The van der Waals surface area contributed by atoms with E-state index in [0.29, 0.717) is 17.2 Å². The van der Waals surface area contributed by atoms with E-state index in [1.165, 1.54) is 4.90 Å². The van der Waals surface area contributed by atoms with Crippen LogP contribution in [0.5, 0.6) is 5.75 Å². The summed E-state index contributed by atoms with van der Waals surface area (Å²) < 4.78 is 5.60. The zero-order valence-corrected chi connectivity index (χ0v) is 14.6. The largest absolute Gasteiger partial charge is 0.490 e. The van der Waals surface area contributed by atoms with E-state index >= 15 is 0 Å². The molecule has 1 fully saturated rings. The highest BCUT2D eigenvalue weighted by Gasteiger charge is 2.50. The van der Waals surface area contributed by atoms with Crippen molar-refractivity contribution < 1.29 is 14.3 Å². The van der Waals surface area contributed by atoms with Crippen molar-refractivity contribution in [2.45, 2.75) is 18.9 Å². The third-order valence-electron chi connectivity index (χ3n) is 4.38. The number of imide groups is 1. The standard InChI is InChI=1S/C19H19ClN2O3/c1-2-19(14-8-4-3-5-9-14)17(23)22(18(24)21-19)12-13-25-16-11-7-6-10-15(16)20/h3-11H,2,12-13H2,1H3,(H,21,24)/t19-/m1/s1. The predicted molar refractivity (Wildman–Crippen MR) is 95.6 cm³/mol. The first kappa shape index (κ1) is 17.3. The summed E-state index contributed by atoms with van der Waals surface area (Å²) in [6.07, 6.45) is 0.476. The lowest BCUT2D eigenvalue weighted by Gasteiger charge is -2.25. The van der Waals surface area contributed by atoms with Gasteiger partial charge in [0, 0.05) is 0 Å². The lowest BCUT2D eigenvalue weighted by atomic mass is 9.87. The number of amides is 3. The molecule has 6 heteroatoms. The molecule has 1 atom stereocenters. The van der Waals surface area contributed by atoms with Crippen molar-refractivity contribution in [1.82, 2.24) is 10.2 Å². The van der Waals surface area contributed by atoms with Crippen LogP contribution < -0.4 is 10.1 Å². The monoisotopic (exact) mass is 358 g/mol. The minimum absolute atomic E-state index is 0.157. The summed E-state index contributed by atoms with van der Waals surface area (Å²) in [6, 6.07) is 16.0. The SMILES string of the molecule is CC[C@]1(c2ccccc2)NC(=O)N(CCOc2ccccc2Cl)C1=O. The Hall–Kier alpha value is -2.53. The second-order valence-electron chi connectivity index (χ2n) is 5.79. The van der Waals surface area contributed by atoms with Gasteiger partial charge in [0.15, 0.2) is 0 Å². The Kier molecular flexibility index (Phi) is 4.95. The fourth-order valence-electron chi connectivity index (χ4n) is 3.00. The van der Waals surface area contributed by atoms with Crippen LogP contribution in [-0.4, -0.2) is 30.0 Å². The van der Waals surface area contributed by atoms with Gasteiger partial charge in [-0.05, 0) is 24.1 Å². The zero-order chi connectivity index (χ0) is 17.9. The molecule has 0 spiro atoms. The van der Waals surface area contributed by atoms with Gasteiger partial charge in [0.2, 0.25) is 0 Å². The van der Waals surface area contributed by atoms with Gasteiger partial charge >= 0.3 is 6.03 Å². The van der Waals surface area contributed by atoms with Crippen LogP contribution in [0.3, 0.4) is 0 Å². The molecule has 3 rings (SSSR count). The van der Waals surface area contributed by atoms with Crippen molar-refractivity contribution in [1.29, 1.82) is 0 Å². The van der Waals surface area contributed by atoms with Gasteiger partial charge in [-0.1, -0.05) is 61.0 Å². The van der Waals surface area contributed by atoms with Gasteiger partial charge in [0.25, 0.3) is 5.91 Å². The highest BCUT2D eigenvalue weighted by molar-refractivity contribution is 6.32. The number of benzene rings is 2. The van der Waals surface area contributed by atoms with Crippen molar-refractivity contribution in [3.8, 4) is 5.75 Å². The Morgan fingerprint density at radius 1 is 1.08 bits per heavy atom. The van der Waals surface area contributed by atoms with E-state index in [0.717, 1.165) is 5.56 Å². The maximum Gasteiger partial charge on any atom is 0.325 e. The third-order valence-corrected chi connectivity index (χ3v) is 4.69. The molecule has 130 valence electrons. The summed E-state index contributed by atoms with van der Waals surface area (Å²) in [4.78, 5) is 26.5. The Morgan fingerprint density at radius 3 is 2.44 bits per heavy atom. The number of ether oxygens (including phenoxy) is 1. The summed E-state index contributed by atoms with van der Waals surface area (Å²) >= 11 is 6.04. The molecule has 1 heterocycles. The Labute approximate surface area is 151 Å². The second-order valence-corrected chi connectivity index (χ2v) is 6.20. The predicted octanol–water partition coefficient (Wildman–Crippen LogP) is 3.58. The maximum atomic E-state index is 12.9. The normalized spacial score (nSPS) is 19.8. The summed E-state index contributed by atoms with van der Waals surface area (Å²) in [5.41, 5.74) is -0.228. The van der Waals surface area contributed by atoms with Crippen LogP contribution in [0.25, 0.3) is 0 Å². The lowest BCUT2D eigenvalue weighted by Crippen LogP contribution is -2.43. The molecule has 2 aromatic carbocycles. The first-order chi connectivity index (χ1) is 12.1. The molecule has 1 N–H and O–H groups in total. The van der Waals surface area contributed by atoms with Gasteiger partial charge in [-0.2, -0.15) is 0 Å². The first-order valence-electron chi connectivity index (χ1n) is 8.15. The third kappa shape index (κ3) is 3.20. The van der Waals surface area contributed by atoms with Crippen molar-refractivity contribution in [2.75, 3.05) is 13.2 Å². The Morgan fingerprint density at radius 2 is 1.76 bits per heavy atom. The number of halogens is 1. The average molecular weight is 359 g/mol. The number of hydrogen-bond donors (Lipinski definition) is 1. The van der Waals surface area contributed by atoms with Crippen LogP contribution >= 0.6 is 11.6 Å². The lowest BCUT2D eigenvalue weighted by molar-refractivity contribution is -0.132. The van der Waals surface area contributed by atoms with Crippen molar-refractivity contribution in [3.63, 3.8) is 0 Å². The van der Waals surface area contributed by atoms with E-state index in [1.54, 1.807) is 12.1 Å². The molecular formula is C19H19ClN2O3. The fraction of sp³-hybridized carbons (Fsp3) is 0.263. The highest BCUT2D eigenvalue weighted by atomic mass is 35.5. The molecule has 25 heavy (non-hydrogen) atoms. The van der Waals surface area contributed by atoms with E-state index in [9.17, 15) is 9.59 Å². The molecule has 1 saturated heterocycles. The molecular weight excluding hydrogens is 340 g/mol. The number of para-hydroxylation sites is 1.